The van der Waals surface area contributed by atoms with Gasteiger partial charge in [0.1, 0.15) is 0 Å². The summed E-state index contributed by atoms with van der Waals surface area (Å²) in [6, 6.07) is 9.51. The van der Waals surface area contributed by atoms with Crippen molar-refractivity contribution < 1.29 is 4.79 Å². The van der Waals surface area contributed by atoms with Crippen LogP contribution in [-0.4, -0.2) is 64.7 Å². The molecule has 1 aliphatic heterocycles. The average molecular weight is 503 g/mol. The van der Waals surface area contributed by atoms with Crippen molar-refractivity contribution in [2.24, 2.45) is 4.99 Å². The van der Waals surface area contributed by atoms with Gasteiger partial charge in [0.2, 0.25) is 5.91 Å². The molecular weight excluding hydrogens is 479 g/mol. The molecule has 0 aliphatic carbocycles. The summed E-state index contributed by atoms with van der Waals surface area (Å²) in [5, 5.41) is 8.17. The van der Waals surface area contributed by atoms with Crippen LogP contribution in [0, 0.1) is 0 Å². The summed E-state index contributed by atoms with van der Waals surface area (Å²) in [5.74, 6) is 0.845. The Morgan fingerprint density at radius 2 is 2.07 bits per heavy atom. The van der Waals surface area contributed by atoms with E-state index in [1.807, 2.05) is 51.0 Å². The molecule has 7 nitrogen and oxygen atoms in total. The third-order valence-corrected chi connectivity index (χ3v) is 4.55. The lowest BCUT2D eigenvalue weighted by Crippen LogP contribution is -2.55. The predicted molar refractivity (Wildman–Crippen MR) is 117 cm³/mol. The van der Waals surface area contributed by atoms with E-state index in [0.29, 0.717) is 31.2 Å². The van der Waals surface area contributed by atoms with Crippen molar-refractivity contribution in [2.45, 2.75) is 13.1 Å². The molecule has 1 saturated heterocycles. The zero-order valence-electron chi connectivity index (χ0n) is 15.2. The SMILES string of the molecule is CN=C(NCCn1cccn1)N1CCN(Cc2ccc(Cl)cc2)C(=O)C1.I. The van der Waals surface area contributed by atoms with Crippen molar-refractivity contribution in [3.05, 3.63) is 53.3 Å². The molecule has 0 radical (unpaired) electrons. The van der Waals surface area contributed by atoms with Gasteiger partial charge in [-0.25, -0.2) is 0 Å². The minimum atomic E-state index is 0. The summed E-state index contributed by atoms with van der Waals surface area (Å²) in [4.78, 5) is 20.7. The molecule has 1 fully saturated rings. The normalized spacial score (nSPS) is 14.9. The first-order chi connectivity index (χ1) is 12.7. The van der Waals surface area contributed by atoms with Gasteiger partial charge in [0.25, 0.3) is 0 Å². The second kappa shape index (κ2) is 10.5. The first-order valence-electron chi connectivity index (χ1n) is 8.61. The number of nitrogens with zero attached hydrogens (tertiary/aromatic N) is 5. The van der Waals surface area contributed by atoms with Crippen molar-refractivity contribution in [2.75, 3.05) is 33.2 Å². The fourth-order valence-electron chi connectivity index (χ4n) is 2.91. The van der Waals surface area contributed by atoms with E-state index in [9.17, 15) is 4.79 Å². The van der Waals surface area contributed by atoms with Gasteiger partial charge in [-0.05, 0) is 23.8 Å². The van der Waals surface area contributed by atoms with Gasteiger partial charge in [-0.15, -0.1) is 24.0 Å². The van der Waals surface area contributed by atoms with Crippen LogP contribution in [0.2, 0.25) is 5.02 Å². The van der Waals surface area contributed by atoms with Crippen molar-refractivity contribution in [1.82, 2.24) is 24.9 Å². The number of aliphatic imine (C=N–C) groups is 1. The molecule has 1 aromatic heterocycles. The minimum absolute atomic E-state index is 0. The van der Waals surface area contributed by atoms with Gasteiger partial charge >= 0.3 is 0 Å². The van der Waals surface area contributed by atoms with Crippen molar-refractivity contribution in [3.8, 4) is 0 Å². The first-order valence-corrected chi connectivity index (χ1v) is 8.99. The number of amides is 1. The second-order valence-corrected chi connectivity index (χ2v) is 6.54. The Morgan fingerprint density at radius 3 is 2.70 bits per heavy atom. The van der Waals surface area contributed by atoms with Gasteiger partial charge in [0.15, 0.2) is 5.96 Å². The number of hydrogen-bond acceptors (Lipinski definition) is 3. The van der Waals surface area contributed by atoms with E-state index in [1.165, 1.54) is 0 Å². The minimum Gasteiger partial charge on any atom is -0.354 e. The lowest BCUT2D eigenvalue weighted by Gasteiger charge is -2.36. The fraction of sp³-hybridized carbons (Fsp3) is 0.389. The highest BCUT2D eigenvalue weighted by Crippen LogP contribution is 2.13. The molecule has 146 valence electrons. The fourth-order valence-corrected chi connectivity index (χ4v) is 3.04. The van der Waals surface area contributed by atoms with E-state index in [2.05, 4.69) is 15.4 Å². The zero-order chi connectivity index (χ0) is 18.4. The Kier molecular flexibility index (Phi) is 8.36. The number of halogens is 2. The molecule has 1 aromatic carbocycles. The van der Waals surface area contributed by atoms with Crippen LogP contribution < -0.4 is 5.32 Å². The maximum atomic E-state index is 12.5. The average Bonchev–Trinajstić information content (AvgIpc) is 3.16. The third kappa shape index (κ3) is 6.10. The molecule has 2 aromatic rings. The molecule has 0 unspecified atom stereocenters. The number of carbonyl (C=O) groups is 1. The van der Waals surface area contributed by atoms with Crippen LogP contribution in [-0.2, 0) is 17.9 Å². The number of nitrogens with one attached hydrogen (secondary N) is 1. The van der Waals surface area contributed by atoms with Crippen LogP contribution in [0.1, 0.15) is 5.56 Å². The highest BCUT2D eigenvalue weighted by molar-refractivity contribution is 14.0. The topological polar surface area (TPSA) is 65.8 Å². The number of piperazine rings is 1. The molecular formula is C18H24ClIN6O. The van der Waals surface area contributed by atoms with Crippen molar-refractivity contribution in [3.63, 3.8) is 0 Å². The van der Waals surface area contributed by atoms with Gasteiger partial charge in [0.05, 0.1) is 13.1 Å². The van der Waals surface area contributed by atoms with Gasteiger partial charge in [-0.3, -0.25) is 14.5 Å². The highest BCUT2D eigenvalue weighted by Gasteiger charge is 2.25. The van der Waals surface area contributed by atoms with E-state index >= 15 is 0 Å². The van der Waals surface area contributed by atoms with Crippen LogP contribution in [0.15, 0.2) is 47.7 Å². The smallest absolute Gasteiger partial charge is 0.242 e. The Hall–Kier alpha value is -1.81. The van der Waals surface area contributed by atoms with Gasteiger partial charge in [-0.1, -0.05) is 23.7 Å². The number of guanidine groups is 1. The van der Waals surface area contributed by atoms with Crippen LogP contribution >= 0.6 is 35.6 Å². The maximum absolute atomic E-state index is 12.5. The molecule has 27 heavy (non-hydrogen) atoms. The van der Waals surface area contributed by atoms with Crippen LogP contribution in [0.3, 0.4) is 0 Å². The Morgan fingerprint density at radius 1 is 1.30 bits per heavy atom. The first kappa shape index (κ1) is 21.5. The van der Waals surface area contributed by atoms with E-state index in [0.717, 1.165) is 24.6 Å². The van der Waals surface area contributed by atoms with Crippen molar-refractivity contribution >= 4 is 47.4 Å². The molecule has 0 bridgehead atoms. The summed E-state index contributed by atoms with van der Waals surface area (Å²) >= 11 is 5.91. The molecule has 3 rings (SSSR count). The largest absolute Gasteiger partial charge is 0.354 e. The lowest BCUT2D eigenvalue weighted by atomic mass is 10.2. The molecule has 2 heterocycles. The molecule has 1 N–H and O–H groups in total. The molecule has 1 amide bonds. The number of carbonyl (C=O) groups excluding carboxylic acids is 1. The summed E-state index contributed by atoms with van der Waals surface area (Å²) in [5.41, 5.74) is 1.08. The molecule has 9 heteroatoms. The summed E-state index contributed by atoms with van der Waals surface area (Å²) in [7, 11) is 1.74. The standard InChI is InChI=1S/C18H23ClN6O.HI/c1-20-18(21-8-10-25-9-2-7-22-25)24-12-11-23(17(26)14-24)13-15-3-5-16(19)6-4-15;/h2-7,9H,8,10-14H2,1H3,(H,20,21);1H. The molecule has 1 aliphatic rings. The number of hydrogen-bond donors (Lipinski definition) is 1. The summed E-state index contributed by atoms with van der Waals surface area (Å²) < 4.78 is 1.86. The van der Waals surface area contributed by atoms with Crippen molar-refractivity contribution in [1.29, 1.82) is 0 Å². The van der Waals surface area contributed by atoms with Gasteiger partial charge in [0, 0.05) is 50.6 Å². The van der Waals surface area contributed by atoms with E-state index in [-0.39, 0.29) is 29.9 Å². The van der Waals surface area contributed by atoms with E-state index < -0.39 is 0 Å². The summed E-state index contributed by atoms with van der Waals surface area (Å²) in [6.45, 7) is 3.80. The number of rotatable bonds is 5. The third-order valence-electron chi connectivity index (χ3n) is 4.30. The predicted octanol–water partition coefficient (Wildman–Crippen LogP) is 2.07. The van der Waals surface area contributed by atoms with Gasteiger partial charge in [-0.2, -0.15) is 5.10 Å². The Labute approximate surface area is 181 Å². The van der Waals surface area contributed by atoms with Crippen LogP contribution in [0.4, 0.5) is 0 Å². The monoisotopic (exact) mass is 502 g/mol. The quantitative estimate of drug-likeness (QED) is 0.386. The van der Waals surface area contributed by atoms with E-state index in [1.54, 1.807) is 13.2 Å². The van der Waals surface area contributed by atoms with E-state index in [4.69, 9.17) is 11.6 Å². The molecule has 0 saturated carbocycles. The Balaban J connectivity index is 0.00000261. The van der Waals surface area contributed by atoms with Crippen LogP contribution in [0.5, 0.6) is 0 Å². The maximum Gasteiger partial charge on any atom is 0.242 e. The second-order valence-electron chi connectivity index (χ2n) is 6.11. The highest BCUT2D eigenvalue weighted by atomic mass is 127. The van der Waals surface area contributed by atoms with Gasteiger partial charge < -0.3 is 15.1 Å². The lowest BCUT2D eigenvalue weighted by molar-refractivity contribution is -0.135. The molecule has 0 atom stereocenters. The number of benzene rings is 1. The Bertz CT molecular complexity index is 750. The molecule has 0 spiro atoms. The number of aromatic nitrogens is 2. The zero-order valence-corrected chi connectivity index (χ0v) is 18.3. The van der Waals surface area contributed by atoms with Crippen LogP contribution in [0.25, 0.3) is 0 Å². The summed E-state index contributed by atoms with van der Waals surface area (Å²) in [6.07, 6.45) is 3.68.